The van der Waals surface area contributed by atoms with Gasteiger partial charge in [0.05, 0.1) is 19.9 Å². The van der Waals surface area contributed by atoms with E-state index in [0.29, 0.717) is 0 Å². The van der Waals surface area contributed by atoms with Gasteiger partial charge in [-0.25, -0.2) is 0 Å². The summed E-state index contributed by atoms with van der Waals surface area (Å²) in [5.74, 6) is 1.73. The van der Waals surface area contributed by atoms with Crippen molar-refractivity contribution in [1.29, 1.82) is 0 Å². The number of hydrogen-bond acceptors (Lipinski definition) is 3. The van der Waals surface area contributed by atoms with E-state index >= 15 is 0 Å². The second-order valence-corrected chi connectivity index (χ2v) is 6.88. The van der Waals surface area contributed by atoms with E-state index in [1.807, 2.05) is 12.1 Å². The lowest BCUT2D eigenvalue weighted by Gasteiger charge is -2.31. The number of anilines is 3. The quantitative estimate of drug-likeness (QED) is 0.524. The van der Waals surface area contributed by atoms with Gasteiger partial charge in [0.2, 0.25) is 0 Å². The Balaban J connectivity index is 2.28. The van der Waals surface area contributed by atoms with Gasteiger partial charge >= 0.3 is 0 Å². The third-order valence-electron chi connectivity index (χ3n) is 4.95. The minimum absolute atomic E-state index is 0.865. The second-order valence-electron chi connectivity index (χ2n) is 6.88. The molecule has 0 amide bonds. The molecule has 0 aliphatic carbocycles. The molecular formula is C24H27NO2. The second kappa shape index (κ2) is 7.75. The summed E-state index contributed by atoms with van der Waals surface area (Å²) in [6.45, 7) is 8.56. The molecule has 0 unspecified atom stereocenters. The highest BCUT2D eigenvalue weighted by atomic mass is 16.5. The summed E-state index contributed by atoms with van der Waals surface area (Å²) in [5.41, 5.74) is 8.28. The fourth-order valence-electron chi connectivity index (χ4n) is 3.54. The van der Waals surface area contributed by atoms with Crippen LogP contribution in [0.3, 0.4) is 0 Å². The molecule has 3 aromatic rings. The highest BCUT2D eigenvalue weighted by molar-refractivity contribution is 5.83. The van der Waals surface area contributed by atoms with Gasteiger partial charge in [-0.05, 0) is 86.3 Å². The van der Waals surface area contributed by atoms with Crippen molar-refractivity contribution in [3.05, 3.63) is 76.9 Å². The van der Waals surface area contributed by atoms with Gasteiger partial charge in [-0.2, -0.15) is 0 Å². The summed E-state index contributed by atoms with van der Waals surface area (Å²) >= 11 is 0. The topological polar surface area (TPSA) is 21.7 Å². The summed E-state index contributed by atoms with van der Waals surface area (Å²) in [5, 5.41) is 0. The van der Waals surface area contributed by atoms with E-state index in [-0.39, 0.29) is 0 Å². The van der Waals surface area contributed by atoms with Crippen LogP contribution in [0.25, 0.3) is 0 Å². The van der Waals surface area contributed by atoms with E-state index in [4.69, 9.17) is 9.47 Å². The molecule has 0 heterocycles. The Labute approximate surface area is 162 Å². The van der Waals surface area contributed by atoms with Crippen molar-refractivity contribution < 1.29 is 9.47 Å². The molecule has 3 aromatic carbocycles. The van der Waals surface area contributed by atoms with Gasteiger partial charge in [0.25, 0.3) is 0 Å². The van der Waals surface area contributed by atoms with Crippen LogP contribution in [0.1, 0.15) is 22.3 Å². The molecule has 0 fully saturated rings. The Morgan fingerprint density at radius 3 is 1.41 bits per heavy atom. The average molecular weight is 361 g/mol. The largest absolute Gasteiger partial charge is 0.497 e. The number of ether oxygens (including phenoxy) is 2. The normalized spacial score (nSPS) is 10.6. The van der Waals surface area contributed by atoms with Gasteiger partial charge in [-0.3, -0.25) is 0 Å². The zero-order valence-corrected chi connectivity index (χ0v) is 17.0. The standard InChI is InChI=1S/C24H27NO2/c1-16-8-7-9-17(2)24(16)25(22-12-10-20(26-5)14-18(22)3)23-13-11-21(27-6)15-19(23)4/h7-15H,1-6H3. The molecule has 0 saturated heterocycles. The minimum Gasteiger partial charge on any atom is -0.497 e. The van der Waals surface area contributed by atoms with E-state index in [2.05, 4.69) is 75.1 Å². The molecule has 0 radical (unpaired) electrons. The van der Waals surface area contributed by atoms with Crippen LogP contribution >= 0.6 is 0 Å². The first-order chi connectivity index (χ1) is 13.0. The van der Waals surface area contributed by atoms with Crippen LogP contribution in [0, 0.1) is 27.7 Å². The molecular weight excluding hydrogens is 334 g/mol. The first-order valence-corrected chi connectivity index (χ1v) is 9.12. The van der Waals surface area contributed by atoms with Gasteiger partial charge < -0.3 is 14.4 Å². The molecule has 0 aromatic heterocycles. The van der Waals surface area contributed by atoms with Gasteiger partial charge in [-0.1, -0.05) is 18.2 Å². The summed E-state index contributed by atoms with van der Waals surface area (Å²) in [7, 11) is 3.40. The van der Waals surface area contributed by atoms with Crippen molar-refractivity contribution in [2.45, 2.75) is 27.7 Å². The summed E-state index contributed by atoms with van der Waals surface area (Å²) < 4.78 is 10.8. The summed E-state index contributed by atoms with van der Waals surface area (Å²) in [6.07, 6.45) is 0. The van der Waals surface area contributed by atoms with Crippen LogP contribution in [0.5, 0.6) is 11.5 Å². The fourth-order valence-corrected chi connectivity index (χ4v) is 3.54. The molecule has 0 bridgehead atoms. The number of para-hydroxylation sites is 1. The highest BCUT2D eigenvalue weighted by Crippen LogP contribution is 2.42. The predicted molar refractivity (Wildman–Crippen MR) is 113 cm³/mol. The molecule has 3 nitrogen and oxygen atoms in total. The first kappa shape index (κ1) is 18.8. The minimum atomic E-state index is 0.865. The van der Waals surface area contributed by atoms with E-state index in [1.54, 1.807) is 14.2 Å². The third kappa shape index (κ3) is 3.63. The van der Waals surface area contributed by atoms with E-state index in [0.717, 1.165) is 34.0 Å². The molecule has 140 valence electrons. The number of rotatable bonds is 5. The van der Waals surface area contributed by atoms with Gasteiger partial charge in [-0.15, -0.1) is 0 Å². The maximum Gasteiger partial charge on any atom is 0.119 e. The van der Waals surface area contributed by atoms with Crippen molar-refractivity contribution in [3.63, 3.8) is 0 Å². The highest BCUT2D eigenvalue weighted by Gasteiger charge is 2.20. The molecule has 3 heteroatoms. The SMILES string of the molecule is COc1ccc(N(c2ccc(OC)cc2C)c2c(C)cccc2C)c(C)c1. The molecule has 0 aliphatic heterocycles. The van der Waals surface area contributed by atoms with E-state index in [1.165, 1.54) is 16.8 Å². The van der Waals surface area contributed by atoms with Gasteiger partial charge in [0, 0.05) is 11.4 Å². The van der Waals surface area contributed by atoms with E-state index in [9.17, 15) is 0 Å². The Morgan fingerprint density at radius 1 is 0.593 bits per heavy atom. The molecule has 27 heavy (non-hydrogen) atoms. The van der Waals surface area contributed by atoms with E-state index < -0.39 is 0 Å². The number of methoxy groups -OCH3 is 2. The smallest absolute Gasteiger partial charge is 0.119 e. The monoisotopic (exact) mass is 361 g/mol. The first-order valence-electron chi connectivity index (χ1n) is 9.12. The van der Waals surface area contributed by atoms with Gasteiger partial charge in [0.15, 0.2) is 0 Å². The average Bonchev–Trinajstić information content (AvgIpc) is 2.65. The zero-order valence-electron chi connectivity index (χ0n) is 17.0. The maximum atomic E-state index is 5.41. The van der Waals surface area contributed by atoms with Crippen LogP contribution in [-0.4, -0.2) is 14.2 Å². The van der Waals surface area contributed by atoms with Crippen molar-refractivity contribution in [1.82, 2.24) is 0 Å². The van der Waals surface area contributed by atoms with Crippen LogP contribution in [0.2, 0.25) is 0 Å². The lowest BCUT2D eigenvalue weighted by Crippen LogP contribution is -2.15. The summed E-state index contributed by atoms with van der Waals surface area (Å²) in [6, 6.07) is 18.9. The number of aryl methyl sites for hydroxylation is 4. The molecule has 0 spiro atoms. The van der Waals surface area contributed by atoms with Crippen LogP contribution in [0.15, 0.2) is 54.6 Å². The molecule has 0 aliphatic rings. The Bertz CT molecular complexity index is 889. The van der Waals surface area contributed by atoms with Crippen LogP contribution < -0.4 is 14.4 Å². The molecule has 0 atom stereocenters. The van der Waals surface area contributed by atoms with Crippen LogP contribution in [-0.2, 0) is 0 Å². The lowest BCUT2D eigenvalue weighted by molar-refractivity contribution is 0.414. The molecule has 0 N–H and O–H groups in total. The fraction of sp³-hybridized carbons (Fsp3) is 0.250. The summed E-state index contributed by atoms with van der Waals surface area (Å²) in [4.78, 5) is 2.34. The Kier molecular flexibility index (Phi) is 5.41. The Morgan fingerprint density at radius 2 is 1.04 bits per heavy atom. The maximum absolute atomic E-state index is 5.41. The van der Waals surface area contributed by atoms with Crippen molar-refractivity contribution >= 4 is 17.1 Å². The number of nitrogens with zero attached hydrogens (tertiary/aromatic N) is 1. The van der Waals surface area contributed by atoms with Gasteiger partial charge in [0.1, 0.15) is 11.5 Å². The molecule has 0 saturated carbocycles. The van der Waals surface area contributed by atoms with Crippen molar-refractivity contribution in [2.75, 3.05) is 19.1 Å². The number of benzene rings is 3. The van der Waals surface area contributed by atoms with Crippen molar-refractivity contribution in [3.8, 4) is 11.5 Å². The number of hydrogen-bond donors (Lipinski definition) is 0. The van der Waals surface area contributed by atoms with Crippen molar-refractivity contribution in [2.24, 2.45) is 0 Å². The molecule has 3 rings (SSSR count). The predicted octanol–water partition coefficient (Wildman–Crippen LogP) is 6.41. The Hall–Kier alpha value is -2.94. The van der Waals surface area contributed by atoms with Crippen LogP contribution in [0.4, 0.5) is 17.1 Å². The third-order valence-corrected chi connectivity index (χ3v) is 4.95. The lowest BCUT2D eigenvalue weighted by atomic mass is 10.0. The zero-order chi connectivity index (χ0) is 19.6.